The first kappa shape index (κ1) is 32.1. The Morgan fingerprint density at radius 1 is 1.03 bits per heavy atom. The third kappa shape index (κ3) is 11.9. The molecule has 208 valence electrons. The summed E-state index contributed by atoms with van der Waals surface area (Å²) in [5, 5.41) is 13.6. The molecule has 0 aliphatic carbocycles. The molecule has 0 radical (unpaired) electrons. The molecule has 9 nitrogen and oxygen atoms in total. The second kappa shape index (κ2) is 15.4. The molecule has 1 N–H and O–H groups in total. The van der Waals surface area contributed by atoms with Crippen LogP contribution in [0.1, 0.15) is 74.7 Å². The third-order valence-electron chi connectivity index (χ3n) is 5.36. The average molecular weight is 529 g/mol. The van der Waals surface area contributed by atoms with Gasteiger partial charge >= 0.3 is 12.2 Å². The lowest BCUT2D eigenvalue weighted by molar-refractivity contribution is -0.384. The molecule has 0 aliphatic heterocycles. The molecule has 0 saturated carbocycles. The van der Waals surface area contributed by atoms with E-state index < -0.39 is 22.8 Å². The van der Waals surface area contributed by atoms with Gasteiger partial charge in [-0.1, -0.05) is 32.4 Å². The molecule has 1 aromatic carbocycles. The van der Waals surface area contributed by atoms with Gasteiger partial charge in [0.25, 0.3) is 5.69 Å². The molecule has 1 amide bonds. The fraction of sp³-hybridized carbons (Fsp3) is 0.448. The summed E-state index contributed by atoms with van der Waals surface area (Å²) in [6.07, 6.45) is 6.70. The SMILES string of the molecule is CC/C=C(C)/C(=C\C=C(C)\C(C)=C(\CCC)COC(=O)Oc1ccc([N+](=O)[O-])cc1)NC(=O)OC(C)(C)C. The smallest absolute Gasteiger partial charge is 0.444 e. The highest BCUT2D eigenvalue weighted by atomic mass is 16.7. The number of nitro groups is 1. The van der Waals surface area contributed by atoms with Gasteiger partial charge < -0.3 is 14.2 Å². The van der Waals surface area contributed by atoms with Crippen molar-refractivity contribution < 1.29 is 28.7 Å². The number of alkyl carbamates (subject to hydrolysis) is 1. The molecular formula is C29H40N2O7. The van der Waals surface area contributed by atoms with E-state index in [0.717, 1.165) is 35.1 Å². The molecule has 0 atom stereocenters. The number of nitrogens with one attached hydrogen (secondary N) is 1. The number of nitrogens with zero attached hydrogens (tertiary/aromatic N) is 1. The van der Waals surface area contributed by atoms with E-state index in [9.17, 15) is 19.7 Å². The van der Waals surface area contributed by atoms with Gasteiger partial charge in [0.1, 0.15) is 18.0 Å². The first-order valence-corrected chi connectivity index (χ1v) is 12.6. The second-order valence-electron chi connectivity index (χ2n) is 9.72. The molecule has 0 heterocycles. The Morgan fingerprint density at radius 3 is 2.18 bits per heavy atom. The lowest BCUT2D eigenvalue weighted by Crippen LogP contribution is -2.32. The van der Waals surface area contributed by atoms with Crippen molar-refractivity contribution in [3.05, 3.63) is 80.6 Å². The average Bonchev–Trinajstić information content (AvgIpc) is 2.83. The van der Waals surface area contributed by atoms with Gasteiger partial charge in [0, 0.05) is 17.8 Å². The van der Waals surface area contributed by atoms with Crippen molar-refractivity contribution in [3.63, 3.8) is 0 Å². The first-order chi connectivity index (χ1) is 17.8. The number of allylic oxidation sites excluding steroid dienone is 6. The van der Waals surface area contributed by atoms with Crippen LogP contribution in [-0.2, 0) is 9.47 Å². The topological polar surface area (TPSA) is 117 Å². The van der Waals surface area contributed by atoms with Crippen LogP contribution in [0.4, 0.5) is 15.3 Å². The summed E-state index contributed by atoms with van der Waals surface area (Å²) < 4.78 is 15.9. The van der Waals surface area contributed by atoms with E-state index >= 15 is 0 Å². The molecule has 0 unspecified atom stereocenters. The van der Waals surface area contributed by atoms with Crippen LogP contribution in [0.25, 0.3) is 0 Å². The van der Waals surface area contributed by atoms with Gasteiger partial charge in [-0.2, -0.15) is 0 Å². The maximum atomic E-state index is 12.4. The van der Waals surface area contributed by atoms with Crippen molar-refractivity contribution in [2.75, 3.05) is 6.61 Å². The lowest BCUT2D eigenvalue weighted by atomic mass is 9.99. The van der Waals surface area contributed by atoms with Crippen LogP contribution in [0, 0.1) is 10.1 Å². The van der Waals surface area contributed by atoms with Crippen LogP contribution in [-0.4, -0.2) is 29.4 Å². The number of nitro benzene ring substituents is 1. The summed E-state index contributed by atoms with van der Waals surface area (Å²) in [6.45, 7) is 15.3. The highest BCUT2D eigenvalue weighted by Gasteiger charge is 2.17. The van der Waals surface area contributed by atoms with Gasteiger partial charge in [-0.15, -0.1) is 0 Å². The number of hydrogen-bond donors (Lipinski definition) is 1. The molecule has 9 heteroatoms. The van der Waals surface area contributed by atoms with E-state index in [2.05, 4.69) is 5.32 Å². The maximum Gasteiger partial charge on any atom is 0.514 e. The Balaban J connectivity index is 3.04. The fourth-order valence-corrected chi connectivity index (χ4v) is 3.29. The molecule has 0 aromatic heterocycles. The molecule has 0 bridgehead atoms. The second-order valence-corrected chi connectivity index (χ2v) is 9.72. The standard InChI is InChI=1S/C29H40N2O7/c1-9-11-21(4)26(30-27(32)38-29(6,7)8)18-13-20(3)22(5)23(12-10-2)19-36-28(33)37-25-16-14-24(15-17-25)31(34)35/h11,13-18H,9-10,12,19H2,1-8H3,(H,30,32)/b20-13+,21-11+,23-22-,26-18+. The van der Waals surface area contributed by atoms with E-state index in [4.69, 9.17) is 14.2 Å². The third-order valence-corrected chi connectivity index (χ3v) is 5.36. The Morgan fingerprint density at radius 2 is 1.66 bits per heavy atom. The summed E-state index contributed by atoms with van der Waals surface area (Å²) in [6, 6.07) is 5.18. The molecule has 1 rings (SSSR count). The van der Waals surface area contributed by atoms with Crippen molar-refractivity contribution >= 4 is 17.9 Å². The van der Waals surface area contributed by atoms with Gasteiger partial charge in [-0.25, -0.2) is 9.59 Å². The highest BCUT2D eigenvalue weighted by Crippen LogP contribution is 2.21. The zero-order valence-corrected chi connectivity index (χ0v) is 23.7. The number of carbonyl (C=O) groups is 2. The minimum atomic E-state index is -0.897. The van der Waals surface area contributed by atoms with Crippen molar-refractivity contribution in [1.29, 1.82) is 0 Å². The molecule has 0 saturated heterocycles. The molecular weight excluding hydrogens is 488 g/mol. The molecule has 38 heavy (non-hydrogen) atoms. The lowest BCUT2D eigenvalue weighted by Gasteiger charge is -2.20. The monoisotopic (exact) mass is 528 g/mol. The van der Waals surface area contributed by atoms with Crippen molar-refractivity contribution in [2.24, 2.45) is 0 Å². The first-order valence-electron chi connectivity index (χ1n) is 12.6. The van der Waals surface area contributed by atoms with Crippen molar-refractivity contribution in [1.82, 2.24) is 5.32 Å². The number of rotatable bonds is 11. The van der Waals surface area contributed by atoms with Crippen LogP contribution >= 0.6 is 0 Å². The summed E-state index contributed by atoms with van der Waals surface area (Å²) in [5.74, 6) is 0.153. The van der Waals surface area contributed by atoms with E-state index in [-0.39, 0.29) is 18.0 Å². The number of carbonyl (C=O) groups excluding carboxylic acids is 2. The molecule has 0 aliphatic rings. The molecule has 1 aromatic rings. The van der Waals surface area contributed by atoms with Crippen LogP contribution in [0.2, 0.25) is 0 Å². The minimum Gasteiger partial charge on any atom is -0.444 e. The Bertz CT molecular complexity index is 1100. The molecule has 0 fully saturated rings. The van der Waals surface area contributed by atoms with Crippen LogP contribution in [0.3, 0.4) is 0 Å². The normalized spacial score (nSPS) is 13.4. The Hall–Kier alpha value is -3.88. The van der Waals surface area contributed by atoms with Crippen molar-refractivity contribution in [3.8, 4) is 5.75 Å². The molecule has 0 spiro atoms. The van der Waals surface area contributed by atoms with E-state index in [1.165, 1.54) is 24.3 Å². The fourth-order valence-electron chi connectivity index (χ4n) is 3.29. The van der Waals surface area contributed by atoms with Crippen LogP contribution in [0.15, 0.2) is 70.5 Å². The number of benzene rings is 1. The maximum absolute atomic E-state index is 12.4. The largest absolute Gasteiger partial charge is 0.514 e. The quantitative estimate of drug-likeness (QED) is 0.102. The number of ether oxygens (including phenoxy) is 3. The van der Waals surface area contributed by atoms with E-state index in [1.807, 2.05) is 73.6 Å². The number of non-ortho nitro benzene ring substituents is 1. The summed E-state index contributed by atoms with van der Waals surface area (Å²) in [7, 11) is 0. The minimum absolute atomic E-state index is 0.0398. The number of hydrogen-bond acceptors (Lipinski definition) is 7. The summed E-state index contributed by atoms with van der Waals surface area (Å²) in [4.78, 5) is 34.8. The zero-order valence-electron chi connectivity index (χ0n) is 23.7. The van der Waals surface area contributed by atoms with Gasteiger partial charge in [-0.3, -0.25) is 15.4 Å². The van der Waals surface area contributed by atoms with Gasteiger partial charge in [-0.05, 0) is 94.9 Å². The Labute approximate surface area is 225 Å². The Kier molecular flexibility index (Phi) is 13.0. The van der Waals surface area contributed by atoms with Gasteiger partial charge in [0.05, 0.1) is 4.92 Å². The summed E-state index contributed by atoms with van der Waals surface area (Å²) in [5.41, 5.74) is 3.66. The van der Waals surface area contributed by atoms with Gasteiger partial charge in [0.2, 0.25) is 0 Å². The van der Waals surface area contributed by atoms with Gasteiger partial charge in [0.15, 0.2) is 0 Å². The van der Waals surface area contributed by atoms with Crippen LogP contribution in [0.5, 0.6) is 5.75 Å². The van der Waals surface area contributed by atoms with Crippen LogP contribution < -0.4 is 10.1 Å². The highest BCUT2D eigenvalue weighted by molar-refractivity contribution is 5.71. The summed E-state index contributed by atoms with van der Waals surface area (Å²) >= 11 is 0. The van der Waals surface area contributed by atoms with E-state index in [1.54, 1.807) is 0 Å². The zero-order chi connectivity index (χ0) is 28.9. The van der Waals surface area contributed by atoms with E-state index in [0.29, 0.717) is 12.1 Å². The van der Waals surface area contributed by atoms with Crippen molar-refractivity contribution in [2.45, 2.75) is 80.3 Å². The predicted octanol–water partition coefficient (Wildman–Crippen LogP) is 7.94. The predicted molar refractivity (Wildman–Crippen MR) is 148 cm³/mol. The number of amides is 1.